The van der Waals surface area contributed by atoms with Gasteiger partial charge in [-0.3, -0.25) is 0 Å². The molecule has 0 unspecified atom stereocenters. The second-order valence-electron chi connectivity index (χ2n) is 2.79. The molecular formula is C10H14O3. The standard InChI is InChI=1S/C10H14O3/c1-13-10-6-2-5-9(12)8(10)4-3-7-11/h2,5-6,11-12H,3-4,7H2,1H3. The van der Waals surface area contributed by atoms with Gasteiger partial charge in [0.05, 0.1) is 7.11 Å². The number of hydrogen-bond acceptors (Lipinski definition) is 3. The zero-order valence-corrected chi connectivity index (χ0v) is 7.66. The molecule has 0 saturated carbocycles. The summed E-state index contributed by atoms with van der Waals surface area (Å²) in [6.45, 7) is 0.123. The van der Waals surface area contributed by atoms with Crippen LogP contribution in [0, 0.1) is 0 Å². The highest BCUT2D eigenvalue weighted by Gasteiger charge is 2.06. The molecule has 0 amide bonds. The molecule has 3 heteroatoms. The average Bonchev–Trinajstić information content (AvgIpc) is 2.15. The number of phenols is 1. The van der Waals surface area contributed by atoms with E-state index in [1.165, 1.54) is 0 Å². The van der Waals surface area contributed by atoms with Crippen molar-refractivity contribution in [3.63, 3.8) is 0 Å². The minimum absolute atomic E-state index is 0.123. The van der Waals surface area contributed by atoms with Crippen molar-refractivity contribution in [1.82, 2.24) is 0 Å². The Morgan fingerprint density at radius 1 is 1.38 bits per heavy atom. The fraction of sp³-hybridized carbons (Fsp3) is 0.400. The third-order valence-corrected chi connectivity index (χ3v) is 1.91. The van der Waals surface area contributed by atoms with Gasteiger partial charge in [0.15, 0.2) is 0 Å². The first-order valence-electron chi connectivity index (χ1n) is 4.25. The lowest BCUT2D eigenvalue weighted by Gasteiger charge is -2.08. The summed E-state index contributed by atoms with van der Waals surface area (Å²) in [6.07, 6.45) is 1.26. The lowest BCUT2D eigenvalue weighted by Crippen LogP contribution is -1.94. The Morgan fingerprint density at radius 3 is 2.77 bits per heavy atom. The van der Waals surface area contributed by atoms with Gasteiger partial charge in [0.1, 0.15) is 11.5 Å². The molecule has 0 radical (unpaired) electrons. The van der Waals surface area contributed by atoms with Crippen LogP contribution in [-0.2, 0) is 6.42 Å². The number of aliphatic hydroxyl groups is 1. The van der Waals surface area contributed by atoms with Crippen molar-refractivity contribution in [3.05, 3.63) is 23.8 Å². The lowest BCUT2D eigenvalue weighted by molar-refractivity contribution is 0.287. The van der Waals surface area contributed by atoms with Gasteiger partial charge >= 0.3 is 0 Å². The molecule has 0 aromatic heterocycles. The van der Waals surface area contributed by atoms with E-state index in [-0.39, 0.29) is 12.4 Å². The highest BCUT2D eigenvalue weighted by molar-refractivity contribution is 5.43. The molecule has 0 aliphatic rings. The molecule has 72 valence electrons. The van der Waals surface area contributed by atoms with Crippen molar-refractivity contribution in [2.75, 3.05) is 13.7 Å². The maximum Gasteiger partial charge on any atom is 0.125 e. The van der Waals surface area contributed by atoms with Crippen LogP contribution in [0.3, 0.4) is 0 Å². The molecule has 1 rings (SSSR count). The van der Waals surface area contributed by atoms with Crippen molar-refractivity contribution in [3.8, 4) is 11.5 Å². The molecule has 0 aliphatic carbocycles. The van der Waals surface area contributed by atoms with Crippen LogP contribution in [0.15, 0.2) is 18.2 Å². The number of phenolic OH excluding ortho intramolecular Hbond substituents is 1. The van der Waals surface area contributed by atoms with Gasteiger partial charge in [0.2, 0.25) is 0 Å². The van der Waals surface area contributed by atoms with Crippen LogP contribution in [-0.4, -0.2) is 23.9 Å². The Labute approximate surface area is 77.6 Å². The van der Waals surface area contributed by atoms with E-state index < -0.39 is 0 Å². The minimum atomic E-state index is 0.123. The second-order valence-corrected chi connectivity index (χ2v) is 2.79. The molecule has 0 saturated heterocycles. The fourth-order valence-electron chi connectivity index (χ4n) is 1.25. The van der Waals surface area contributed by atoms with Crippen LogP contribution in [0.25, 0.3) is 0 Å². The first-order chi connectivity index (χ1) is 6.29. The smallest absolute Gasteiger partial charge is 0.125 e. The predicted molar refractivity (Wildman–Crippen MR) is 50.1 cm³/mol. The Hall–Kier alpha value is -1.22. The molecule has 0 heterocycles. The van der Waals surface area contributed by atoms with E-state index in [0.29, 0.717) is 18.6 Å². The molecule has 13 heavy (non-hydrogen) atoms. The van der Waals surface area contributed by atoms with Gasteiger partial charge in [-0.1, -0.05) is 6.07 Å². The highest BCUT2D eigenvalue weighted by atomic mass is 16.5. The quantitative estimate of drug-likeness (QED) is 0.738. The van der Waals surface area contributed by atoms with Gasteiger partial charge in [0, 0.05) is 12.2 Å². The number of rotatable bonds is 4. The van der Waals surface area contributed by atoms with Crippen LogP contribution >= 0.6 is 0 Å². The van der Waals surface area contributed by atoms with Gasteiger partial charge < -0.3 is 14.9 Å². The van der Waals surface area contributed by atoms with Crippen LogP contribution in [0.4, 0.5) is 0 Å². The van der Waals surface area contributed by atoms with E-state index in [1.807, 2.05) is 0 Å². The summed E-state index contributed by atoms with van der Waals surface area (Å²) in [4.78, 5) is 0. The summed E-state index contributed by atoms with van der Waals surface area (Å²) in [5, 5.41) is 18.1. The zero-order chi connectivity index (χ0) is 9.68. The number of aliphatic hydroxyl groups excluding tert-OH is 1. The van der Waals surface area contributed by atoms with Crippen molar-refractivity contribution >= 4 is 0 Å². The first kappa shape index (κ1) is 9.86. The van der Waals surface area contributed by atoms with E-state index in [2.05, 4.69) is 0 Å². The number of hydrogen-bond donors (Lipinski definition) is 2. The number of methoxy groups -OCH3 is 1. The third-order valence-electron chi connectivity index (χ3n) is 1.91. The Balaban J connectivity index is 2.87. The Bertz CT molecular complexity index is 271. The van der Waals surface area contributed by atoms with Crippen molar-refractivity contribution in [2.45, 2.75) is 12.8 Å². The molecule has 0 bridgehead atoms. The van der Waals surface area contributed by atoms with Gasteiger partial charge in [0.25, 0.3) is 0 Å². The zero-order valence-electron chi connectivity index (χ0n) is 7.66. The second kappa shape index (κ2) is 4.72. The Kier molecular flexibility index (Phi) is 3.58. The third kappa shape index (κ3) is 2.36. The SMILES string of the molecule is COc1cccc(O)c1CCCO. The van der Waals surface area contributed by atoms with E-state index in [4.69, 9.17) is 9.84 Å². The molecule has 2 N–H and O–H groups in total. The van der Waals surface area contributed by atoms with E-state index in [0.717, 1.165) is 5.56 Å². The number of benzene rings is 1. The molecule has 0 atom stereocenters. The molecule has 1 aromatic rings. The molecule has 0 fully saturated rings. The first-order valence-corrected chi connectivity index (χ1v) is 4.25. The van der Waals surface area contributed by atoms with Crippen LogP contribution < -0.4 is 4.74 Å². The Morgan fingerprint density at radius 2 is 2.15 bits per heavy atom. The molecule has 1 aromatic carbocycles. The van der Waals surface area contributed by atoms with Crippen molar-refractivity contribution in [2.24, 2.45) is 0 Å². The van der Waals surface area contributed by atoms with Gasteiger partial charge in [-0.15, -0.1) is 0 Å². The molecule has 0 aliphatic heterocycles. The largest absolute Gasteiger partial charge is 0.508 e. The van der Waals surface area contributed by atoms with Crippen LogP contribution in [0.1, 0.15) is 12.0 Å². The monoisotopic (exact) mass is 182 g/mol. The summed E-state index contributed by atoms with van der Waals surface area (Å²) in [5.41, 5.74) is 0.763. The minimum Gasteiger partial charge on any atom is -0.508 e. The topological polar surface area (TPSA) is 49.7 Å². The van der Waals surface area contributed by atoms with Crippen LogP contribution in [0.2, 0.25) is 0 Å². The lowest BCUT2D eigenvalue weighted by atomic mass is 10.1. The maximum atomic E-state index is 9.49. The normalized spacial score (nSPS) is 10.0. The van der Waals surface area contributed by atoms with Gasteiger partial charge in [-0.05, 0) is 25.0 Å². The van der Waals surface area contributed by atoms with Gasteiger partial charge in [-0.25, -0.2) is 0 Å². The van der Waals surface area contributed by atoms with E-state index >= 15 is 0 Å². The molecule has 0 spiro atoms. The average molecular weight is 182 g/mol. The number of ether oxygens (including phenoxy) is 1. The fourth-order valence-corrected chi connectivity index (χ4v) is 1.25. The molecule has 3 nitrogen and oxygen atoms in total. The maximum absolute atomic E-state index is 9.49. The summed E-state index contributed by atoms with van der Waals surface area (Å²) >= 11 is 0. The van der Waals surface area contributed by atoms with Crippen molar-refractivity contribution in [1.29, 1.82) is 0 Å². The van der Waals surface area contributed by atoms with E-state index in [9.17, 15) is 5.11 Å². The van der Waals surface area contributed by atoms with E-state index in [1.54, 1.807) is 25.3 Å². The van der Waals surface area contributed by atoms with Crippen molar-refractivity contribution < 1.29 is 14.9 Å². The summed E-state index contributed by atoms with van der Waals surface area (Å²) in [6, 6.07) is 5.15. The summed E-state index contributed by atoms with van der Waals surface area (Å²) in [5.74, 6) is 0.904. The summed E-state index contributed by atoms with van der Waals surface area (Å²) < 4.78 is 5.08. The summed E-state index contributed by atoms with van der Waals surface area (Å²) in [7, 11) is 1.57. The highest BCUT2D eigenvalue weighted by Crippen LogP contribution is 2.28. The predicted octanol–water partition coefficient (Wildman–Crippen LogP) is 1.33. The van der Waals surface area contributed by atoms with Crippen LogP contribution in [0.5, 0.6) is 11.5 Å². The van der Waals surface area contributed by atoms with Gasteiger partial charge in [-0.2, -0.15) is 0 Å². The molecular weight excluding hydrogens is 168 g/mol. The number of aromatic hydroxyl groups is 1.